The highest BCUT2D eigenvalue weighted by atomic mass is 15.1. The monoisotopic (exact) mass is 231 g/mol. The SMILES string of the molecule is N=C(N)C1CCCN(CCc2ccccc2)C1. The first-order chi connectivity index (χ1) is 8.25. The Morgan fingerprint density at radius 1 is 1.35 bits per heavy atom. The van der Waals surface area contributed by atoms with Crippen LogP contribution in [-0.2, 0) is 6.42 Å². The molecule has 92 valence electrons. The quantitative estimate of drug-likeness (QED) is 0.614. The molecule has 3 N–H and O–H groups in total. The Kier molecular flexibility index (Phi) is 4.15. The van der Waals surface area contributed by atoms with E-state index in [2.05, 4.69) is 35.2 Å². The van der Waals surface area contributed by atoms with E-state index in [1.165, 1.54) is 12.0 Å². The lowest BCUT2D eigenvalue weighted by Crippen LogP contribution is -2.41. The zero-order chi connectivity index (χ0) is 12.1. The van der Waals surface area contributed by atoms with Gasteiger partial charge in [-0.1, -0.05) is 30.3 Å². The summed E-state index contributed by atoms with van der Waals surface area (Å²) < 4.78 is 0. The number of nitrogens with one attached hydrogen (secondary N) is 1. The summed E-state index contributed by atoms with van der Waals surface area (Å²) in [6.45, 7) is 3.19. The van der Waals surface area contributed by atoms with E-state index in [0.29, 0.717) is 5.84 Å². The second-order valence-corrected chi connectivity index (χ2v) is 4.83. The van der Waals surface area contributed by atoms with Gasteiger partial charge in [0.15, 0.2) is 0 Å². The van der Waals surface area contributed by atoms with E-state index in [1.807, 2.05) is 0 Å². The minimum absolute atomic E-state index is 0.277. The van der Waals surface area contributed by atoms with Crippen molar-refractivity contribution in [2.45, 2.75) is 19.3 Å². The van der Waals surface area contributed by atoms with Gasteiger partial charge < -0.3 is 10.6 Å². The lowest BCUT2D eigenvalue weighted by atomic mass is 9.97. The molecule has 0 bridgehead atoms. The Bertz CT molecular complexity index is 361. The third-order valence-corrected chi connectivity index (χ3v) is 3.50. The Hall–Kier alpha value is -1.35. The van der Waals surface area contributed by atoms with E-state index in [9.17, 15) is 0 Å². The first-order valence-corrected chi connectivity index (χ1v) is 6.36. The summed E-state index contributed by atoms with van der Waals surface area (Å²) in [5.74, 6) is 0.633. The predicted octanol–water partition coefficient (Wildman–Crippen LogP) is 1.88. The normalized spacial score (nSPS) is 21.3. The molecule has 0 spiro atoms. The van der Waals surface area contributed by atoms with E-state index in [-0.39, 0.29) is 5.92 Å². The van der Waals surface area contributed by atoms with Crippen molar-refractivity contribution in [1.82, 2.24) is 4.90 Å². The maximum Gasteiger partial charge on any atom is 0.0949 e. The molecule has 3 heteroatoms. The van der Waals surface area contributed by atoms with Crippen molar-refractivity contribution < 1.29 is 0 Å². The fourth-order valence-corrected chi connectivity index (χ4v) is 2.44. The van der Waals surface area contributed by atoms with Gasteiger partial charge in [0, 0.05) is 19.0 Å². The van der Waals surface area contributed by atoms with E-state index in [1.54, 1.807) is 0 Å². The van der Waals surface area contributed by atoms with Crippen molar-refractivity contribution in [3.63, 3.8) is 0 Å². The number of likely N-dealkylation sites (tertiary alicyclic amines) is 1. The van der Waals surface area contributed by atoms with Crippen molar-refractivity contribution in [3.05, 3.63) is 35.9 Å². The highest BCUT2D eigenvalue weighted by Crippen LogP contribution is 2.16. The van der Waals surface area contributed by atoms with E-state index >= 15 is 0 Å². The summed E-state index contributed by atoms with van der Waals surface area (Å²) >= 11 is 0. The zero-order valence-electron chi connectivity index (χ0n) is 10.2. The van der Waals surface area contributed by atoms with Crippen molar-refractivity contribution in [2.75, 3.05) is 19.6 Å². The van der Waals surface area contributed by atoms with Gasteiger partial charge in [-0.15, -0.1) is 0 Å². The minimum Gasteiger partial charge on any atom is -0.387 e. The second kappa shape index (κ2) is 5.82. The fourth-order valence-electron chi connectivity index (χ4n) is 2.44. The summed E-state index contributed by atoms with van der Waals surface area (Å²) in [7, 11) is 0. The van der Waals surface area contributed by atoms with Gasteiger partial charge in [-0.2, -0.15) is 0 Å². The molecule has 1 aromatic rings. The van der Waals surface area contributed by atoms with E-state index in [4.69, 9.17) is 11.1 Å². The molecular weight excluding hydrogens is 210 g/mol. The van der Waals surface area contributed by atoms with Gasteiger partial charge in [0.1, 0.15) is 0 Å². The molecule has 1 fully saturated rings. The zero-order valence-corrected chi connectivity index (χ0v) is 10.2. The van der Waals surface area contributed by atoms with E-state index in [0.717, 1.165) is 32.5 Å². The van der Waals surface area contributed by atoms with Gasteiger partial charge in [-0.3, -0.25) is 5.41 Å². The molecular formula is C14H21N3. The van der Waals surface area contributed by atoms with Crippen LogP contribution in [0.4, 0.5) is 0 Å². The molecule has 2 rings (SSSR count). The van der Waals surface area contributed by atoms with Crippen molar-refractivity contribution in [3.8, 4) is 0 Å². The third kappa shape index (κ3) is 3.56. The molecule has 1 atom stereocenters. The molecule has 1 aromatic carbocycles. The molecule has 0 saturated carbocycles. The first-order valence-electron chi connectivity index (χ1n) is 6.36. The van der Waals surface area contributed by atoms with Crippen LogP contribution in [0.1, 0.15) is 18.4 Å². The second-order valence-electron chi connectivity index (χ2n) is 4.83. The Morgan fingerprint density at radius 3 is 2.82 bits per heavy atom. The fraction of sp³-hybridized carbons (Fsp3) is 0.500. The largest absolute Gasteiger partial charge is 0.387 e. The summed E-state index contributed by atoms with van der Waals surface area (Å²) in [5.41, 5.74) is 6.98. The topological polar surface area (TPSA) is 53.1 Å². The Morgan fingerprint density at radius 2 is 2.12 bits per heavy atom. The van der Waals surface area contributed by atoms with Crippen LogP contribution < -0.4 is 5.73 Å². The van der Waals surface area contributed by atoms with Crippen LogP contribution in [0.3, 0.4) is 0 Å². The third-order valence-electron chi connectivity index (χ3n) is 3.50. The molecule has 0 radical (unpaired) electrons. The lowest BCUT2D eigenvalue weighted by molar-refractivity contribution is 0.206. The standard InChI is InChI=1S/C14H21N3/c15-14(16)13-7-4-9-17(11-13)10-8-12-5-2-1-3-6-12/h1-3,5-6,13H,4,7-11H2,(H3,15,16). The van der Waals surface area contributed by atoms with Crippen LogP contribution in [0.15, 0.2) is 30.3 Å². The van der Waals surface area contributed by atoms with Crippen molar-refractivity contribution in [2.24, 2.45) is 11.7 Å². The van der Waals surface area contributed by atoms with Crippen LogP contribution in [0.5, 0.6) is 0 Å². The number of nitrogens with two attached hydrogens (primary N) is 1. The number of benzene rings is 1. The molecule has 0 aromatic heterocycles. The van der Waals surface area contributed by atoms with Gasteiger partial charge >= 0.3 is 0 Å². The van der Waals surface area contributed by atoms with Crippen LogP contribution in [0.2, 0.25) is 0 Å². The summed E-state index contributed by atoms with van der Waals surface area (Å²) in [5, 5.41) is 7.53. The van der Waals surface area contributed by atoms with Crippen LogP contribution >= 0.6 is 0 Å². The van der Waals surface area contributed by atoms with Crippen LogP contribution in [0, 0.1) is 11.3 Å². The molecule has 1 aliphatic heterocycles. The van der Waals surface area contributed by atoms with Crippen LogP contribution in [-0.4, -0.2) is 30.4 Å². The average molecular weight is 231 g/mol. The lowest BCUT2D eigenvalue weighted by Gasteiger charge is -2.32. The maximum atomic E-state index is 7.53. The van der Waals surface area contributed by atoms with E-state index < -0.39 is 0 Å². The Labute approximate surface area is 103 Å². The maximum absolute atomic E-state index is 7.53. The van der Waals surface area contributed by atoms with Crippen molar-refractivity contribution >= 4 is 5.84 Å². The van der Waals surface area contributed by atoms with Crippen molar-refractivity contribution in [1.29, 1.82) is 5.41 Å². The number of piperidine rings is 1. The van der Waals surface area contributed by atoms with Gasteiger partial charge in [0.25, 0.3) is 0 Å². The predicted molar refractivity (Wildman–Crippen MR) is 71.2 cm³/mol. The summed E-state index contributed by atoms with van der Waals surface area (Å²) in [4.78, 5) is 2.43. The summed E-state index contributed by atoms with van der Waals surface area (Å²) in [6.07, 6.45) is 3.33. The van der Waals surface area contributed by atoms with Crippen LogP contribution in [0.25, 0.3) is 0 Å². The smallest absolute Gasteiger partial charge is 0.0949 e. The van der Waals surface area contributed by atoms with Gasteiger partial charge in [-0.25, -0.2) is 0 Å². The number of hydrogen-bond donors (Lipinski definition) is 2. The number of amidine groups is 1. The number of nitrogens with zero attached hydrogens (tertiary/aromatic N) is 1. The number of rotatable bonds is 4. The molecule has 3 nitrogen and oxygen atoms in total. The molecule has 0 amide bonds. The molecule has 1 saturated heterocycles. The van der Waals surface area contributed by atoms with Gasteiger partial charge in [-0.05, 0) is 31.4 Å². The molecule has 1 heterocycles. The molecule has 17 heavy (non-hydrogen) atoms. The molecule has 1 aliphatic rings. The minimum atomic E-state index is 0.277. The average Bonchev–Trinajstić information content (AvgIpc) is 2.38. The highest BCUT2D eigenvalue weighted by molar-refractivity contribution is 5.79. The highest BCUT2D eigenvalue weighted by Gasteiger charge is 2.21. The van der Waals surface area contributed by atoms with Gasteiger partial charge in [0.2, 0.25) is 0 Å². The summed E-state index contributed by atoms with van der Waals surface area (Å²) in [6, 6.07) is 10.6. The van der Waals surface area contributed by atoms with Gasteiger partial charge in [0.05, 0.1) is 5.84 Å². The number of hydrogen-bond acceptors (Lipinski definition) is 2. The first kappa shape index (κ1) is 12.1. The Balaban J connectivity index is 1.81. The molecule has 0 aliphatic carbocycles. The molecule has 1 unspecified atom stereocenters.